The van der Waals surface area contributed by atoms with Crippen molar-refractivity contribution in [1.82, 2.24) is 0 Å². The van der Waals surface area contributed by atoms with Crippen molar-refractivity contribution < 1.29 is 29.6 Å². The zero-order chi connectivity index (χ0) is 27.8. The van der Waals surface area contributed by atoms with Crippen LogP contribution in [-0.4, -0.2) is 34.5 Å². The van der Waals surface area contributed by atoms with Crippen LogP contribution in [-0.2, 0) is 24.2 Å². The largest absolute Gasteiger partial charge is 0.478 e. The minimum absolute atomic E-state index is 0.242. The van der Waals surface area contributed by atoms with E-state index in [1.54, 1.807) is 66.7 Å². The zero-order valence-corrected chi connectivity index (χ0v) is 20.9. The van der Waals surface area contributed by atoms with Crippen LogP contribution in [0.4, 0.5) is 0 Å². The van der Waals surface area contributed by atoms with E-state index in [0.29, 0.717) is 45.6 Å². The summed E-state index contributed by atoms with van der Waals surface area (Å²) in [4.78, 5) is 0. The quantitative estimate of drug-likeness (QED) is 0.233. The number of hydrogen-bond acceptors (Lipinski definition) is 8. The van der Waals surface area contributed by atoms with Crippen LogP contribution in [0.15, 0.2) is 84.9 Å². The molecule has 0 amide bonds. The van der Waals surface area contributed by atoms with Gasteiger partial charge in [-0.15, -0.1) is 0 Å². The minimum Gasteiger partial charge on any atom is -0.457 e. The summed E-state index contributed by atoms with van der Waals surface area (Å²) in [5, 5.41) is 59.1. The van der Waals surface area contributed by atoms with Gasteiger partial charge < -0.3 is 29.6 Å². The lowest BCUT2D eigenvalue weighted by molar-refractivity contribution is 0.281. The Morgan fingerprint density at radius 3 is 1.67 bits per heavy atom. The van der Waals surface area contributed by atoms with Crippen LogP contribution < -0.4 is 15.7 Å². The first-order valence-electron chi connectivity index (χ1n) is 12.1. The molecule has 4 rings (SSSR count). The minimum atomic E-state index is -1.57. The van der Waals surface area contributed by atoms with Gasteiger partial charge in [0.1, 0.15) is 11.5 Å². The van der Waals surface area contributed by atoms with Gasteiger partial charge in [-0.1, -0.05) is 36.4 Å². The van der Waals surface area contributed by atoms with E-state index in [2.05, 4.69) is 6.07 Å². The molecule has 0 heterocycles. The van der Waals surface area contributed by atoms with Gasteiger partial charge in [-0.2, -0.15) is 10.5 Å². The molecular weight excluding hydrogens is 494 g/mol. The molecule has 0 fully saturated rings. The van der Waals surface area contributed by atoms with Crippen molar-refractivity contribution in [3.05, 3.63) is 118 Å². The fourth-order valence-corrected chi connectivity index (χ4v) is 4.11. The molecule has 39 heavy (non-hydrogen) atoms. The maximum absolute atomic E-state index is 10.7. The summed E-state index contributed by atoms with van der Waals surface area (Å²) in [6.45, 7) is -0.765. The van der Waals surface area contributed by atoms with E-state index in [9.17, 15) is 20.3 Å². The third-order valence-corrected chi connectivity index (χ3v) is 6.16. The van der Waals surface area contributed by atoms with Crippen molar-refractivity contribution in [2.45, 2.75) is 19.6 Å². The average Bonchev–Trinajstić information content (AvgIpc) is 2.97. The van der Waals surface area contributed by atoms with E-state index in [1.165, 1.54) is 6.07 Å². The molecule has 10 heteroatoms. The van der Waals surface area contributed by atoms with Crippen LogP contribution in [0.3, 0.4) is 0 Å². The molecule has 0 aromatic heterocycles. The summed E-state index contributed by atoms with van der Waals surface area (Å²) >= 11 is 0. The molecule has 0 aliphatic carbocycles. The Morgan fingerprint density at radius 2 is 1.10 bits per heavy atom. The number of nitriles is 2. The second-order valence-corrected chi connectivity index (χ2v) is 8.77. The topological polar surface area (TPSA) is 147 Å². The fraction of sp³-hybridized carbons (Fsp3) is 0.103. The van der Waals surface area contributed by atoms with Gasteiger partial charge in [-0.25, -0.2) is 0 Å². The van der Waals surface area contributed by atoms with Crippen molar-refractivity contribution in [3.63, 3.8) is 0 Å². The Balaban J connectivity index is 1.46. The molecule has 8 nitrogen and oxygen atoms in total. The van der Waals surface area contributed by atoms with Crippen LogP contribution in [0.25, 0.3) is 0 Å². The second kappa shape index (κ2) is 12.9. The van der Waals surface area contributed by atoms with Gasteiger partial charge in [-0.3, -0.25) is 0 Å². The third-order valence-electron chi connectivity index (χ3n) is 6.16. The Labute approximate surface area is 226 Å². The van der Waals surface area contributed by atoms with Gasteiger partial charge in [0.25, 0.3) is 0 Å². The van der Waals surface area contributed by atoms with E-state index in [1.807, 2.05) is 18.2 Å². The molecule has 0 saturated carbocycles. The van der Waals surface area contributed by atoms with Gasteiger partial charge >= 0.3 is 14.2 Å². The fourth-order valence-electron chi connectivity index (χ4n) is 4.11. The first-order chi connectivity index (χ1) is 18.9. The van der Waals surface area contributed by atoms with E-state index in [-0.39, 0.29) is 12.1 Å². The van der Waals surface area contributed by atoms with Gasteiger partial charge in [0.2, 0.25) is 0 Å². The standard InChI is InChI=1S/C29H24B2N2O6/c32-16-21-3-1-20(2-4-21)13-23-7-11-28(24(14-23)18-34)30(36)39-31(37)29-12-10-27(15-25(29)19-35)38-26-8-5-22(17-33)6-9-26/h1-12,14-15,34-37H,13,18-19H2. The Kier molecular flexibility index (Phi) is 9.14. The zero-order valence-electron chi connectivity index (χ0n) is 20.9. The lowest BCUT2D eigenvalue weighted by Crippen LogP contribution is -2.47. The van der Waals surface area contributed by atoms with Crippen LogP contribution in [0, 0.1) is 22.7 Å². The summed E-state index contributed by atoms with van der Waals surface area (Å²) in [6.07, 6.45) is 0.565. The molecule has 4 aromatic rings. The highest BCUT2D eigenvalue weighted by Crippen LogP contribution is 2.22. The Bertz CT molecular complexity index is 1400. The van der Waals surface area contributed by atoms with Crippen LogP contribution in [0.2, 0.25) is 0 Å². The molecule has 4 N–H and O–H groups in total. The predicted molar refractivity (Wildman–Crippen MR) is 146 cm³/mol. The smallest absolute Gasteiger partial charge is 0.457 e. The molecule has 192 valence electrons. The van der Waals surface area contributed by atoms with Crippen LogP contribution in [0.1, 0.15) is 33.4 Å². The summed E-state index contributed by atoms with van der Waals surface area (Å²) in [6, 6.07) is 27.7. The second-order valence-electron chi connectivity index (χ2n) is 8.77. The average molecular weight is 518 g/mol. The Hall–Kier alpha value is -4.41. The number of benzene rings is 4. The molecule has 0 spiro atoms. The molecule has 0 aliphatic heterocycles. The van der Waals surface area contributed by atoms with Crippen molar-refractivity contribution >= 4 is 25.2 Å². The van der Waals surface area contributed by atoms with Crippen LogP contribution >= 0.6 is 0 Å². The molecule has 0 aliphatic rings. The monoisotopic (exact) mass is 518 g/mol. The highest BCUT2D eigenvalue weighted by molar-refractivity contribution is 6.73. The van der Waals surface area contributed by atoms with Gasteiger partial charge in [0.05, 0.1) is 36.5 Å². The van der Waals surface area contributed by atoms with E-state index in [4.69, 9.17) is 19.8 Å². The number of aliphatic hydroxyl groups is 2. The van der Waals surface area contributed by atoms with Crippen molar-refractivity contribution in [1.29, 1.82) is 10.5 Å². The highest BCUT2D eigenvalue weighted by Gasteiger charge is 2.29. The maximum atomic E-state index is 10.7. The lowest BCUT2D eigenvalue weighted by Gasteiger charge is -2.18. The van der Waals surface area contributed by atoms with Gasteiger partial charge in [0, 0.05) is 0 Å². The molecule has 0 atom stereocenters. The number of aliphatic hydroxyl groups excluding tert-OH is 2. The highest BCUT2D eigenvalue weighted by atomic mass is 16.5. The van der Waals surface area contributed by atoms with E-state index in [0.717, 1.165) is 11.1 Å². The summed E-state index contributed by atoms with van der Waals surface area (Å²) in [7, 11) is -3.12. The third kappa shape index (κ3) is 6.92. The lowest BCUT2D eigenvalue weighted by atomic mass is 9.68. The number of hydrogen-bond donors (Lipinski definition) is 4. The molecule has 0 bridgehead atoms. The molecule has 4 aromatic carbocycles. The van der Waals surface area contributed by atoms with Crippen LogP contribution in [0.5, 0.6) is 11.5 Å². The number of ether oxygens (including phenoxy) is 1. The number of rotatable bonds is 10. The molecule has 0 radical (unpaired) electrons. The van der Waals surface area contributed by atoms with Gasteiger partial charge in [0.15, 0.2) is 0 Å². The van der Waals surface area contributed by atoms with Crippen molar-refractivity contribution in [2.24, 2.45) is 0 Å². The van der Waals surface area contributed by atoms with E-state index < -0.39 is 20.8 Å². The summed E-state index contributed by atoms with van der Waals surface area (Å²) in [5.74, 6) is 0.901. The molecule has 0 saturated heterocycles. The summed E-state index contributed by atoms with van der Waals surface area (Å²) < 4.78 is 11.2. The number of nitrogens with zero attached hydrogens (tertiary/aromatic N) is 2. The Morgan fingerprint density at radius 1 is 0.615 bits per heavy atom. The first-order valence-corrected chi connectivity index (χ1v) is 12.1. The predicted octanol–water partition coefficient (Wildman–Crippen LogP) is 1.89. The van der Waals surface area contributed by atoms with Gasteiger partial charge in [-0.05, 0) is 88.1 Å². The van der Waals surface area contributed by atoms with Crippen molar-refractivity contribution in [3.8, 4) is 23.6 Å². The molecule has 0 unspecified atom stereocenters. The van der Waals surface area contributed by atoms with Crippen molar-refractivity contribution in [2.75, 3.05) is 0 Å². The maximum Gasteiger partial charge on any atom is 0.478 e. The first kappa shape index (κ1) is 27.6. The van der Waals surface area contributed by atoms with E-state index >= 15 is 0 Å². The summed E-state index contributed by atoms with van der Waals surface area (Å²) in [5.41, 5.74) is 4.26. The normalized spacial score (nSPS) is 10.4. The SMILES string of the molecule is N#Cc1ccc(Cc2ccc(B(O)OB(O)c3ccc(Oc4ccc(C#N)cc4)cc3CO)c(CO)c2)cc1. The molecular formula is C29H24B2N2O6.